The van der Waals surface area contributed by atoms with Gasteiger partial charge in [-0.3, -0.25) is 14.5 Å². The van der Waals surface area contributed by atoms with Gasteiger partial charge in [0.1, 0.15) is 0 Å². The minimum absolute atomic E-state index is 0.00667. The van der Waals surface area contributed by atoms with Crippen molar-refractivity contribution in [3.8, 4) is 0 Å². The molecule has 3 rings (SSSR count). The Kier molecular flexibility index (Phi) is 6.22. The first-order valence-corrected chi connectivity index (χ1v) is 10.0. The molecule has 0 saturated carbocycles. The zero-order chi connectivity index (χ0) is 18.5. The van der Waals surface area contributed by atoms with E-state index < -0.39 is 0 Å². The molecule has 1 aliphatic heterocycles. The third-order valence-corrected chi connectivity index (χ3v) is 6.12. The van der Waals surface area contributed by atoms with Crippen LogP contribution in [0.2, 0.25) is 0 Å². The van der Waals surface area contributed by atoms with Gasteiger partial charge in [-0.2, -0.15) is 0 Å². The quantitative estimate of drug-likeness (QED) is 0.779. The average molecular weight is 371 g/mol. The van der Waals surface area contributed by atoms with Crippen LogP contribution in [0.15, 0.2) is 36.4 Å². The first-order valence-electron chi connectivity index (χ1n) is 9.20. The number of ketones is 1. The minimum atomic E-state index is -0.131. The van der Waals surface area contributed by atoms with E-state index in [0.717, 1.165) is 18.0 Å². The molecule has 2 aromatic rings. The summed E-state index contributed by atoms with van der Waals surface area (Å²) in [4.78, 5) is 27.2. The number of benzene rings is 1. The topological polar surface area (TPSA) is 49.4 Å². The molecule has 1 fully saturated rings. The van der Waals surface area contributed by atoms with Crippen LogP contribution in [-0.4, -0.2) is 29.7 Å². The van der Waals surface area contributed by atoms with Crippen LogP contribution in [0.3, 0.4) is 0 Å². The van der Waals surface area contributed by atoms with Gasteiger partial charge in [-0.1, -0.05) is 31.2 Å². The van der Waals surface area contributed by atoms with E-state index in [-0.39, 0.29) is 11.7 Å². The Bertz CT molecular complexity index is 759. The van der Waals surface area contributed by atoms with Gasteiger partial charge in [0.05, 0.1) is 9.75 Å². The van der Waals surface area contributed by atoms with Crippen LogP contribution in [0.4, 0.5) is 0 Å². The number of Topliss-reactive ketones (excluding diaryl/α,β-unsaturated/α-hetero) is 1. The van der Waals surface area contributed by atoms with Crippen LogP contribution in [0, 0.1) is 5.92 Å². The number of piperidine rings is 1. The molecule has 1 aromatic heterocycles. The number of carbonyl (C=O) groups excluding carboxylic acids is 2. The van der Waals surface area contributed by atoms with Crippen molar-refractivity contribution in [2.24, 2.45) is 5.92 Å². The van der Waals surface area contributed by atoms with E-state index in [1.54, 1.807) is 12.1 Å². The van der Waals surface area contributed by atoms with Crippen molar-refractivity contribution < 1.29 is 9.59 Å². The summed E-state index contributed by atoms with van der Waals surface area (Å²) in [7, 11) is 0. The molecule has 0 aliphatic carbocycles. The molecular formula is C21H26N2O2S. The zero-order valence-electron chi connectivity index (χ0n) is 15.5. The first kappa shape index (κ1) is 18.8. The Morgan fingerprint density at radius 2 is 1.65 bits per heavy atom. The van der Waals surface area contributed by atoms with Gasteiger partial charge in [-0.15, -0.1) is 11.3 Å². The summed E-state index contributed by atoms with van der Waals surface area (Å²) in [5, 5.41) is 2.92. The summed E-state index contributed by atoms with van der Waals surface area (Å²) < 4.78 is 0. The molecule has 0 atom stereocenters. The Hall–Kier alpha value is -1.98. The summed E-state index contributed by atoms with van der Waals surface area (Å²) in [6.45, 7) is 7.71. The third-order valence-electron chi connectivity index (χ3n) is 4.94. The predicted octanol–water partition coefficient (Wildman–Crippen LogP) is 4.11. The van der Waals surface area contributed by atoms with Crippen LogP contribution < -0.4 is 5.32 Å². The molecule has 0 bridgehead atoms. The fraction of sp³-hybridized carbons (Fsp3) is 0.429. The maximum Gasteiger partial charge on any atom is 0.261 e. The number of hydrogen-bond donors (Lipinski definition) is 1. The molecule has 4 nitrogen and oxygen atoms in total. The second-order valence-electron chi connectivity index (χ2n) is 7.18. The number of likely N-dealkylation sites (tertiary alicyclic amines) is 1. The molecule has 0 radical (unpaired) electrons. The van der Waals surface area contributed by atoms with Crippen LogP contribution in [0.25, 0.3) is 0 Å². The second kappa shape index (κ2) is 8.60. The standard InChI is InChI=1S/C21H26N2O2S/c1-15-9-11-23(12-10-15)14-18-5-3-17(4-6-18)13-22-21(25)20-8-7-19(26-20)16(2)24/h3-8,15H,9-14H2,1-2H3,(H,22,25). The van der Waals surface area contributed by atoms with E-state index in [4.69, 9.17) is 0 Å². The SMILES string of the molecule is CC(=O)c1ccc(C(=O)NCc2ccc(CN3CCC(C)CC3)cc2)s1. The normalized spacial score (nSPS) is 15.8. The van der Waals surface area contributed by atoms with Gasteiger partial charge in [0.2, 0.25) is 0 Å². The van der Waals surface area contributed by atoms with Crippen LogP contribution >= 0.6 is 11.3 Å². The summed E-state index contributed by atoms with van der Waals surface area (Å²) in [5.41, 5.74) is 2.40. The monoisotopic (exact) mass is 370 g/mol. The van der Waals surface area contributed by atoms with Crippen molar-refractivity contribution >= 4 is 23.0 Å². The van der Waals surface area contributed by atoms with Gasteiger partial charge in [0, 0.05) is 13.1 Å². The number of hydrogen-bond acceptors (Lipinski definition) is 4. The molecule has 1 aromatic carbocycles. The van der Waals surface area contributed by atoms with E-state index in [9.17, 15) is 9.59 Å². The molecule has 2 heterocycles. The Labute approximate surface area is 159 Å². The van der Waals surface area contributed by atoms with Crippen molar-refractivity contribution in [3.63, 3.8) is 0 Å². The van der Waals surface area contributed by atoms with Crippen molar-refractivity contribution in [3.05, 3.63) is 57.3 Å². The molecule has 0 unspecified atom stereocenters. The Balaban J connectivity index is 1.49. The van der Waals surface area contributed by atoms with E-state index in [2.05, 4.69) is 41.4 Å². The Morgan fingerprint density at radius 3 is 2.27 bits per heavy atom. The number of rotatable bonds is 6. The van der Waals surface area contributed by atoms with E-state index >= 15 is 0 Å². The summed E-state index contributed by atoms with van der Waals surface area (Å²) >= 11 is 1.24. The maximum atomic E-state index is 12.2. The van der Waals surface area contributed by atoms with E-state index in [0.29, 0.717) is 16.3 Å². The minimum Gasteiger partial charge on any atom is -0.347 e. The maximum absolute atomic E-state index is 12.2. The highest BCUT2D eigenvalue weighted by molar-refractivity contribution is 7.15. The number of nitrogens with one attached hydrogen (secondary N) is 1. The highest BCUT2D eigenvalue weighted by Gasteiger charge is 2.15. The van der Waals surface area contributed by atoms with Crippen molar-refractivity contribution in [2.45, 2.75) is 39.8 Å². The van der Waals surface area contributed by atoms with Gasteiger partial charge in [-0.05, 0) is 62.0 Å². The highest BCUT2D eigenvalue weighted by atomic mass is 32.1. The lowest BCUT2D eigenvalue weighted by Crippen LogP contribution is -2.32. The lowest BCUT2D eigenvalue weighted by Gasteiger charge is -2.30. The number of thiophene rings is 1. The van der Waals surface area contributed by atoms with Crippen LogP contribution in [0.1, 0.15) is 57.2 Å². The molecule has 138 valence electrons. The molecule has 0 spiro atoms. The van der Waals surface area contributed by atoms with Crippen molar-refractivity contribution in [1.82, 2.24) is 10.2 Å². The molecule has 1 aliphatic rings. The first-order chi connectivity index (χ1) is 12.5. The number of amides is 1. The van der Waals surface area contributed by atoms with Gasteiger partial charge in [0.15, 0.2) is 5.78 Å². The van der Waals surface area contributed by atoms with Crippen molar-refractivity contribution in [2.75, 3.05) is 13.1 Å². The molecule has 1 amide bonds. The van der Waals surface area contributed by atoms with Gasteiger partial charge in [-0.25, -0.2) is 0 Å². The van der Waals surface area contributed by atoms with Gasteiger partial charge in [0.25, 0.3) is 5.91 Å². The van der Waals surface area contributed by atoms with E-state index in [1.165, 1.54) is 49.8 Å². The largest absolute Gasteiger partial charge is 0.347 e. The summed E-state index contributed by atoms with van der Waals surface area (Å²) in [6, 6.07) is 11.9. The lowest BCUT2D eigenvalue weighted by molar-refractivity contribution is 0.0954. The average Bonchev–Trinajstić information content (AvgIpc) is 3.13. The smallest absolute Gasteiger partial charge is 0.261 e. The molecule has 5 heteroatoms. The zero-order valence-corrected chi connectivity index (χ0v) is 16.3. The second-order valence-corrected chi connectivity index (χ2v) is 8.26. The molecule has 1 saturated heterocycles. The highest BCUT2D eigenvalue weighted by Crippen LogP contribution is 2.19. The fourth-order valence-corrected chi connectivity index (χ4v) is 3.98. The molecule has 1 N–H and O–H groups in total. The molecular weight excluding hydrogens is 344 g/mol. The summed E-state index contributed by atoms with van der Waals surface area (Å²) in [5.74, 6) is 0.717. The number of nitrogens with zero attached hydrogens (tertiary/aromatic N) is 1. The fourth-order valence-electron chi connectivity index (χ4n) is 3.16. The lowest BCUT2D eigenvalue weighted by atomic mass is 9.99. The van der Waals surface area contributed by atoms with Crippen molar-refractivity contribution in [1.29, 1.82) is 0 Å². The number of carbonyl (C=O) groups is 2. The van der Waals surface area contributed by atoms with Gasteiger partial charge < -0.3 is 5.32 Å². The third kappa shape index (κ3) is 5.02. The van der Waals surface area contributed by atoms with Crippen LogP contribution in [-0.2, 0) is 13.1 Å². The Morgan fingerprint density at radius 1 is 1.04 bits per heavy atom. The van der Waals surface area contributed by atoms with E-state index in [1.807, 2.05) is 0 Å². The van der Waals surface area contributed by atoms with Gasteiger partial charge >= 0.3 is 0 Å². The molecule has 26 heavy (non-hydrogen) atoms. The van der Waals surface area contributed by atoms with Crippen LogP contribution in [0.5, 0.6) is 0 Å². The summed E-state index contributed by atoms with van der Waals surface area (Å²) in [6.07, 6.45) is 2.58. The predicted molar refractivity (Wildman–Crippen MR) is 106 cm³/mol.